The van der Waals surface area contributed by atoms with Crippen LogP contribution in [0, 0.1) is 0 Å². The van der Waals surface area contributed by atoms with Gasteiger partial charge in [-0.1, -0.05) is 18.2 Å². The van der Waals surface area contributed by atoms with Crippen molar-refractivity contribution in [1.82, 2.24) is 0 Å². The summed E-state index contributed by atoms with van der Waals surface area (Å²) in [7, 11) is 0. The molecule has 1 amide bonds. The lowest BCUT2D eigenvalue weighted by Crippen LogP contribution is -2.16. The van der Waals surface area contributed by atoms with E-state index in [1.165, 1.54) is 0 Å². The summed E-state index contributed by atoms with van der Waals surface area (Å²) in [6.07, 6.45) is 0. The van der Waals surface area contributed by atoms with Gasteiger partial charge in [-0.2, -0.15) is 0 Å². The third-order valence-corrected chi connectivity index (χ3v) is 2.41. The Morgan fingerprint density at radius 2 is 2.00 bits per heavy atom. The van der Waals surface area contributed by atoms with Crippen LogP contribution in [0.25, 0.3) is 0 Å². The molecule has 0 aliphatic carbocycles. The van der Waals surface area contributed by atoms with E-state index in [9.17, 15) is 9.59 Å². The molecule has 82 valence electrons. The molecule has 0 unspecified atom stereocenters. The van der Waals surface area contributed by atoms with E-state index in [1.54, 1.807) is 19.1 Å². The molecule has 4 heteroatoms. The van der Waals surface area contributed by atoms with Crippen molar-refractivity contribution in [2.45, 2.75) is 6.92 Å². The minimum absolute atomic E-state index is 0.0589. The van der Waals surface area contributed by atoms with Crippen LogP contribution < -0.4 is 5.32 Å². The summed E-state index contributed by atoms with van der Waals surface area (Å²) in [5.41, 5.74) is 1.48. The average molecular weight is 217 g/mol. The van der Waals surface area contributed by atoms with Crippen molar-refractivity contribution in [3.8, 4) is 0 Å². The van der Waals surface area contributed by atoms with Gasteiger partial charge in [0, 0.05) is 11.3 Å². The van der Waals surface area contributed by atoms with Gasteiger partial charge in [0.25, 0.3) is 5.91 Å². The maximum atomic E-state index is 11.8. The lowest BCUT2D eigenvalue weighted by atomic mass is 10.1. The number of carbonyl (C=O) groups is 2. The van der Waals surface area contributed by atoms with E-state index in [0.717, 1.165) is 0 Å². The molecule has 0 atom stereocenters. The molecule has 2 rings (SSSR count). The van der Waals surface area contributed by atoms with E-state index in [1.807, 2.05) is 18.2 Å². The number of anilines is 1. The fourth-order valence-electron chi connectivity index (χ4n) is 1.44. The number of nitrogens with one attached hydrogen (secondary N) is 1. The van der Waals surface area contributed by atoms with Crippen molar-refractivity contribution >= 4 is 17.6 Å². The van der Waals surface area contributed by atoms with Crippen molar-refractivity contribution in [3.63, 3.8) is 0 Å². The Labute approximate surface area is 92.9 Å². The first-order chi connectivity index (χ1) is 7.68. The topological polar surface area (TPSA) is 55.4 Å². The molecule has 1 N–H and O–H groups in total. The lowest BCUT2D eigenvalue weighted by molar-refractivity contribution is -0.135. The second-order valence-electron chi connectivity index (χ2n) is 3.50. The quantitative estimate of drug-likeness (QED) is 0.764. The minimum Gasteiger partial charge on any atom is -0.457 e. The summed E-state index contributed by atoms with van der Waals surface area (Å²) in [5.74, 6) is -0.701. The fraction of sp³-hybridized carbons (Fsp3) is 0.167. The molecular formula is C12H11NO3. The summed E-state index contributed by atoms with van der Waals surface area (Å²) in [5, 5.41) is 2.71. The van der Waals surface area contributed by atoms with Crippen LogP contribution in [-0.2, 0) is 14.3 Å². The molecule has 4 nitrogen and oxygen atoms in total. The molecule has 0 spiro atoms. The van der Waals surface area contributed by atoms with Gasteiger partial charge in [-0.05, 0) is 19.1 Å². The zero-order chi connectivity index (χ0) is 11.5. The molecule has 1 heterocycles. The number of cyclic esters (lactones) is 1. The zero-order valence-electron chi connectivity index (χ0n) is 8.82. The van der Waals surface area contributed by atoms with Gasteiger partial charge < -0.3 is 10.1 Å². The number of rotatable bonds is 2. The van der Waals surface area contributed by atoms with E-state index in [4.69, 9.17) is 4.74 Å². The van der Waals surface area contributed by atoms with Crippen molar-refractivity contribution in [2.75, 3.05) is 11.9 Å². The molecule has 0 bridgehead atoms. The third-order valence-electron chi connectivity index (χ3n) is 2.41. The van der Waals surface area contributed by atoms with E-state index in [0.29, 0.717) is 16.8 Å². The van der Waals surface area contributed by atoms with E-state index >= 15 is 0 Å². The van der Waals surface area contributed by atoms with Gasteiger partial charge in [-0.25, -0.2) is 4.79 Å². The molecule has 0 radical (unpaired) electrons. The molecule has 1 aliphatic rings. The Hall–Kier alpha value is -2.10. The van der Waals surface area contributed by atoms with Crippen LogP contribution in [0.2, 0.25) is 0 Å². The highest BCUT2D eigenvalue weighted by Crippen LogP contribution is 2.17. The van der Waals surface area contributed by atoms with Crippen molar-refractivity contribution in [1.29, 1.82) is 0 Å². The minimum atomic E-state index is -0.418. The summed E-state index contributed by atoms with van der Waals surface area (Å²) in [4.78, 5) is 22.9. The summed E-state index contributed by atoms with van der Waals surface area (Å²) in [6.45, 7) is 1.65. The zero-order valence-corrected chi connectivity index (χ0v) is 8.82. The van der Waals surface area contributed by atoms with Gasteiger partial charge in [0.2, 0.25) is 0 Å². The van der Waals surface area contributed by atoms with Gasteiger partial charge in [0.1, 0.15) is 6.61 Å². The van der Waals surface area contributed by atoms with E-state index in [2.05, 4.69) is 5.32 Å². The van der Waals surface area contributed by atoms with Gasteiger partial charge in [0.05, 0.1) is 5.57 Å². The smallest absolute Gasteiger partial charge is 0.334 e. The normalized spacial score (nSPS) is 14.9. The van der Waals surface area contributed by atoms with Crippen LogP contribution in [-0.4, -0.2) is 18.5 Å². The van der Waals surface area contributed by atoms with Crippen LogP contribution in [0.4, 0.5) is 5.69 Å². The fourth-order valence-corrected chi connectivity index (χ4v) is 1.44. The number of hydrogen-bond acceptors (Lipinski definition) is 3. The SMILES string of the molecule is CC1=C(C(=O)Nc2ccccc2)COC1=O. The molecule has 16 heavy (non-hydrogen) atoms. The molecular weight excluding hydrogens is 206 g/mol. The van der Waals surface area contributed by atoms with Crippen LogP contribution in [0.15, 0.2) is 41.5 Å². The van der Waals surface area contributed by atoms with Gasteiger partial charge >= 0.3 is 5.97 Å². The molecule has 1 aromatic carbocycles. The highest BCUT2D eigenvalue weighted by Gasteiger charge is 2.25. The van der Waals surface area contributed by atoms with E-state index < -0.39 is 5.97 Å². The predicted molar refractivity (Wildman–Crippen MR) is 58.7 cm³/mol. The van der Waals surface area contributed by atoms with Gasteiger partial charge in [-0.15, -0.1) is 0 Å². The number of para-hydroxylation sites is 1. The Morgan fingerprint density at radius 1 is 1.31 bits per heavy atom. The third kappa shape index (κ3) is 1.95. The molecule has 0 saturated carbocycles. The summed E-state index contributed by atoms with van der Waals surface area (Å²) in [6, 6.07) is 9.08. The molecule has 1 aromatic rings. The second-order valence-corrected chi connectivity index (χ2v) is 3.50. The number of carbonyl (C=O) groups excluding carboxylic acids is 2. The maximum absolute atomic E-state index is 11.8. The Kier molecular flexibility index (Phi) is 2.72. The molecule has 0 aromatic heterocycles. The van der Waals surface area contributed by atoms with Crippen molar-refractivity contribution < 1.29 is 14.3 Å². The first kappa shape index (κ1) is 10.4. The Bertz CT molecular complexity index is 462. The summed E-state index contributed by atoms with van der Waals surface area (Å²) < 4.78 is 4.76. The number of benzene rings is 1. The number of ether oxygens (including phenoxy) is 1. The molecule has 0 fully saturated rings. The van der Waals surface area contributed by atoms with Crippen LogP contribution in [0.1, 0.15) is 6.92 Å². The largest absolute Gasteiger partial charge is 0.457 e. The van der Waals surface area contributed by atoms with E-state index in [-0.39, 0.29) is 12.5 Å². The van der Waals surface area contributed by atoms with Gasteiger partial charge in [0.15, 0.2) is 0 Å². The number of esters is 1. The van der Waals surface area contributed by atoms with Crippen LogP contribution >= 0.6 is 0 Å². The lowest BCUT2D eigenvalue weighted by Gasteiger charge is -2.04. The number of amides is 1. The number of hydrogen-bond donors (Lipinski definition) is 1. The Morgan fingerprint density at radius 3 is 2.56 bits per heavy atom. The Balaban J connectivity index is 2.13. The predicted octanol–water partition coefficient (Wildman–Crippen LogP) is 1.50. The van der Waals surface area contributed by atoms with Gasteiger partial charge in [-0.3, -0.25) is 4.79 Å². The molecule has 1 aliphatic heterocycles. The van der Waals surface area contributed by atoms with Crippen molar-refractivity contribution in [3.05, 3.63) is 41.5 Å². The highest BCUT2D eigenvalue weighted by atomic mass is 16.5. The average Bonchev–Trinajstić information content (AvgIpc) is 2.61. The standard InChI is InChI=1S/C12H11NO3/c1-8-10(7-16-12(8)15)11(14)13-9-5-3-2-4-6-9/h2-6H,7H2,1H3,(H,13,14). The highest BCUT2D eigenvalue weighted by molar-refractivity contribution is 6.10. The second kappa shape index (κ2) is 4.18. The summed E-state index contributed by atoms with van der Waals surface area (Å²) >= 11 is 0. The van der Waals surface area contributed by atoms with Crippen LogP contribution in [0.5, 0.6) is 0 Å². The van der Waals surface area contributed by atoms with Crippen molar-refractivity contribution in [2.24, 2.45) is 0 Å². The maximum Gasteiger partial charge on any atom is 0.334 e. The van der Waals surface area contributed by atoms with Crippen LogP contribution in [0.3, 0.4) is 0 Å². The first-order valence-electron chi connectivity index (χ1n) is 4.92. The first-order valence-corrected chi connectivity index (χ1v) is 4.92. The monoisotopic (exact) mass is 217 g/mol. The molecule has 0 saturated heterocycles.